The predicted molar refractivity (Wildman–Crippen MR) is 63.5 cm³/mol. The molecular formula is C13H19NO3. The van der Waals surface area contributed by atoms with Crippen molar-refractivity contribution in [3.05, 3.63) is 24.2 Å². The molecule has 1 heterocycles. The molecule has 0 amide bonds. The van der Waals surface area contributed by atoms with Crippen molar-refractivity contribution >= 4 is 5.97 Å². The Morgan fingerprint density at radius 2 is 2.18 bits per heavy atom. The normalized spacial score (nSPS) is 24.7. The van der Waals surface area contributed by atoms with Crippen LogP contribution >= 0.6 is 0 Å². The summed E-state index contributed by atoms with van der Waals surface area (Å²) in [5, 5.41) is 12.3. The largest absolute Gasteiger partial charge is 0.481 e. The summed E-state index contributed by atoms with van der Waals surface area (Å²) in [6.45, 7) is 1.80. The van der Waals surface area contributed by atoms with Gasteiger partial charge in [0, 0.05) is 12.1 Å². The first-order valence-electron chi connectivity index (χ1n) is 6.20. The van der Waals surface area contributed by atoms with Crippen LogP contribution in [0.2, 0.25) is 0 Å². The maximum absolute atomic E-state index is 10.8. The summed E-state index contributed by atoms with van der Waals surface area (Å²) in [7, 11) is 0. The molecule has 4 heteroatoms. The summed E-state index contributed by atoms with van der Waals surface area (Å²) < 4.78 is 4.99. The molecule has 0 aliphatic heterocycles. The molecule has 94 valence electrons. The first kappa shape index (κ1) is 12.2. The van der Waals surface area contributed by atoms with Gasteiger partial charge in [-0.25, -0.2) is 0 Å². The van der Waals surface area contributed by atoms with Crippen LogP contribution in [0.5, 0.6) is 0 Å². The van der Waals surface area contributed by atoms with Crippen LogP contribution in [-0.2, 0) is 11.3 Å². The molecule has 0 saturated heterocycles. The molecule has 1 aliphatic rings. The van der Waals surface area contributed by atoms with Crippen LogP contribution in [0.1, 0.15) is 31.2 Å². The summed E-state index contributed by atoms with van der Waals surface area (Å²) in [6, 6.07) is 1.95. The van der Waals surface area contributed by atoms with Crippen molar-refractivity contribution in [2.45, 2.75) is 32.2 Å². The Balaban J connectivity index is 1.63. The van der Waals surface area contributed by atoms with E-state index in [1.807, 2.05) is 6.07 Å². The zero-order valence-corrected chi connectivity index (χ0v) is 9.89. The zero-order valence-electron chi connectivity index (χ0n) is 9.89. The van der Waals surface area contributed by atoms with Gasteiger partial charge in [-0.3, -0.25) is 4.79 Å². The zero-order chi connectivity index (χ0) is 12.1. The van der Waals surface area contributed by atoms with E-state index in [-0.39, 0.29) is 5.92 Å². The fourth-order valence-corrected chi connectivity index (χ4v) is 2.43. The van der Waals surface area contributed by atoms with Crippen LogP contribution in [0, 0.1) is 11.8 Å². The summed E-state index contributed by atoms with van der Waals surface area (Å²) in [6.07, 6.45) is 7.12. The third-order valence-corrected chi connectivity index (χ3v) is 3.54. The lowest BCUT2D eigenvalue weighted by molar-refractivity contribution is -0.143. The first-order valence-corrected chi connectivity index (χ1v) is 6.20. The van der Waals surface area contributed by atoms with Crippen molar-refractivity contribution in [2.75, 3.05) is 6.54 Å². The highest BCUT2D eigenvalue weighted by Gasteiger charge is 2.25. The van der Waals surface area contributed by atoms with Gasteiger partial charge in [-0.1, -0.05) is 0 Å². The van der Waals surface area contributed by atoms with Gasteiger partial charge in [0.15, 0.2) is 0 Å². The molecular weight excluding hydrogens is 218 g/mol. The average molecular weight is 237 g/mol. The molecule has 0 radical (unpaired) electrons. The number of hydrogen-bond acceptors (Lipinski definition) is 3. The van der Waals surface area contributed by atoms with Crippen molar-refractivity contribution in [1.29, 1.82) is 0 Å². The number of carboxylic acid groups (broad SMARTS) is 1. The van der Waals surface area contributed by atoms with E-state index in [2.05, 4.69) is 5.32 Å². The van der Waals surface area contributed by atoms with Gasteiger partial charge in [0.1, 0.15) is 0 Å². The highest BCUT2D eigenvalue weighted by atomic mass is 16.4. The monoisotopic (exact) mass is 237 g/mol. The van der Waals surface area contributed by atoms with E-state index >= 15 is 0 Å². The van der Waals surface area contributed by atoms with E-state index < -0.39 is 5.97 Å². The van der Waals surface area contributed by atoms with Crippen LogP contribution < -0.4 is 5.32 Å². The molecule has 0 unspecified atom stereocenters. The van der Waals surface area contributed by atoms with E-state index in [0.29, 0.717) is 5.92 Å². The lowest BCUT2D eigenvalue weighted by Crippen LogP contribution is -2.28. The molecule has 17 heavy (non-hydrogen) atoms. The van der Waals surface area contributed by atoms with Gasteiger partial charge in [0.2, 0.25) is 0 Å². The Kier molecular flexibility index (Phi) is 4.20. The topological polar surface area (TPSA) is 62.5 Å². The Morgan fingerprint density at radius 1 is 1.41 bits per heavy atom. The number of carbonyl (C=O) groups is 1. The molecule has 1 aliphatic carbocycles. The average Bonchev–Trinajstić information content (AvgIpc) is 2.83. The van der Waals surface area contributed by atoms with Gasteiger partial charge >= 0.3 is 5.97 Å². The Hall–Kier alpha value is -1.29. The van der Waals surface area contributed by atoms with Crippen LogP contribution in [-0.4, -0.2) is 17.6 Å². The maximum atomic E-state index is 10.8. The lowest BCUT2D eigenvalue weighted by atomic mass is 9.82. The smallest absolute Gasteiger partial charge is 0.306 e. The van der Waals surface area contributed by atoms with Gasteiger partial charge in [0.05, 0.1) is 18.4 Å². The van der Waals surface area contributed by atoms with Gasteiger partial charge < -0.3 is 14.8 Å². The SMILES string of the molecule is O=C(O)C1CCC(CNCc2ccoc2)CC1. The van der Waals surface area contributed by atoms with E-state index in [1.54, 1.807) is 12.5 Å². The lowest BCUT2D eigenvalue weighted by Gasteiger charge is -2.26. The first-order chi connectivity index (χ1) is 8.25. The van der Waals surface area contributed by atoms with Gasteiger partial charge in [0.25, 0.3) is 0 Å². The molecule has 2 rings (SSSR count). The predicted octanol–water partition coefficient (Wildman–Crippen LogP) is 2.26. The van der Waals surface area contributed by atoms with Crippen molar-refractivity contribution < 1.29 is 14.3 Å². The highest BCUT2D eigenvalue weighted by molar-refractivity contribution is 5.69. The molecule has 0 spiro atoms. The number of hydrogen-bond donors (Lipinski definition) is 2. The minimum Gasteiger partial charge on any atom is -0.481 e. The third kappa shape index (κ3) is 3.60. The summed E-state index contributed by atoms with van der Waals surface area (Å²) >= 11 is 0. The molecule has 2 N–H and O–H groups in total. The van der Waals surface area contributed by atoms with Crippen LogP contribution in [0.15, 0.2) is 23.0 Å². The molecule has 0 bridgehead atoms. The quantitative estimate of drug-likeness (QED) is 0.824. The van der Waals surface area contributed by atoms with E-state index in [0.717, 1.165) is 44.3 Å². The minimum atomic E-state index is -0.630. The molecule has 1 saturated carbocycles. The Labute approximate surface area is 101 Å². The molecule has 4 nitrogen and oxygen atoms in total. The van der Waals surface area contributed by atoms with Crippen molar-refractivity contribution in [3.8, 4) is 0 Å². The van der Waals surface area contributed by atoms with Crippen LogP contribution in [0.4, 0.5) is 0 Å². The van der Waals surface area contributed by atoms with Crippen molar-refractivity contribution in [3.63, 3.8) is 0 Å². The summed E-state index contributed by atoms with van der Waals surface area (Å²) in [5.74, 6) is -0.118. The second-order valence-electron chi connectivity index (χ2n) is 4.82. The fourth-order valence-electron chi connectivity index (χ4n) is 2.43. The van der Waals surface area contributed by atoms with Gasteiger partial charge in [-0.2, -0.15) is 0 Å². The second-order valence-corrected chi connectivity index (χ2v) is 4.82. The standard InChI is InChI=1S/C13H19NO3/c15-13(16)12-3-1-10(2-4-12)7-14-8-11-5-6-17-9-11/h5-6,9-10,12,14H,1-4,7-8H2,(H,15,16). The van der Waals surface area contributed by atoms with Gasteiger partial charge in [-0.05, 0) is 44.2 Å². The van der Waals surface area contributed by atoms with E-state index in [9.17, 15) is 4.79 Å². The van der Waals surface area contributed by atoms with Crippen molar-refractivity contribution in [1.82, 2.24) is 5.32 Å². The van der Waals surface area contributed by atoms with Crippen LogP contribution in [0.25, 0.3) is 0 Å². The molecule has 0 aromatic carbocycles. The molecule has 1 aromatic rings. The van der Waals surface area contributed by atoms with E-state index in [1.165, 1.54) is 0 Å². The number of rotatable bonds is 5. The van der Waals surface area contributed by atoms with Gasteiger partial charge in [-0.15, -0.1) is 0 Å². The second kappa shape index (κ2) is 5.87. The minimum absolute atomic E-state index is 0.111. The number of aliphatic carboxylic acids is 1. The molecule has 0 atom stereocenters. The molecule has 1 aromatic heterocycles. The highest BCUT2D eigenvalue weighted by Crippen LogP contribution is 2.28. The maximum Gasteiger partial charge on any atom is 0.306 e. The van der Waals surface area contributed by atoms with E-state index in [4.69, 9.17) is 9.52 Å². The van der Waals surface area contributed by atoms with Crippen molar-refractivity contribution in [2.24, 2.45) is 11.8 Å². The number of nitrogens with one attached hydrogen (secondary N) is 1. The molecule has 1 fully saturated rings. The van der Waals surface area contributed by atoms with Crippen LogP contribution in [0.3, 0.4) is 0 Å². The Bertz CT molecular complexity index is 340. The fraction of sp³-hybridized carbons (Fsp3) is 0.615. The summed E-state index contributed by atoms with van der Waals surface area (Å²) in [5.41, 5.74) is 1.16. The number of furan rings is 1. The Morgan fingerprint density at radius 3 is 2.76 bits per heavy atom. The number of carboxylic acids is 1. The summed E-state index contributed by atoms with van der Waals surface area (Å²) in [4.78, 5) is 10.8. The third-order valence-electron chi connectivity index (χ3n) is 3.54.